The van der Waals surface area contributed by atoms with Crippen molar-refractivity contribution < 1.29 is 4.74 Å². The molecule has 1 unspecified atom stereocenters. The summed E-state index contributed by atoms with van der Waals surface area (Å²) in [4.78, 5) is 4.88. The molecule has 132 valence electrons. The summed E-state index contributed by atoms with van der Waals surface area (Å²) in [5.41, 5.74) is 3.78. The predicted octanol–water partition coefficient (Wildman–Crippen LogP) is 5.48. The van der Waals surface area contributed by atoms with Crippen molar-refractivity contribution in [2.24, 2.45) is 0 Å². The van der Waals surface area contributed by atoms with Crippen LogP contribution in [0.1, 0.15) is 11.6 Å². The molecule has 0 bridgehead atoms. The second-order valence-electron chi connectivity index (χ2n) is 6.43. The van der Waals surface area contributed by atoms with E-state index < -0.39 is 0 Å². The zero-order chi connectivity index (χ0) is 17.9. The van der Waals surface area contributed by atoms with Gasteiger partial charge in [0.2, 0.25) is 0 Å². The van der Waals surface area contributed by atoms with Gasteiger partial charge in [0.15, 0.2) is 0 Å². The first-order chi connectivity index (χ1) is 12.7. The fraction of sp³-hybridized carbons (Fsp3) is 0.182. The summed E-state index contributed by atoms with van der Waals surface area (Å²) in [6.45, 7) is 1.81. The predicted molar refractivity (Wildman–Crippen MR) is 111 cm³/mol. The molecule has 0 amide bonds. The van der Waals surface area contributed by atoms with E-state index in [0.29, 0.717) is 6.04 Å². The van der Waals surface area contributed by atoms with Gasteiger partial charge in [-0.25, -0.2) is 0 Å². The van der Waals surface area contributed by atoms with Crippen LogP contribution in [0.5, 0.6) is 5.75 Å². The monoisotopic (exact) mass is 408 g/mol. The lowest BCUT2D eigenvalue weighted by Crippen LogP contribution is -2.26. The third-order valence-corrected chi connectivity index (χ3v) is 5.40. The fourth-order valence-corrected chi connectivity index (χ4v) is 3.74. The lowest BCUT2D eigenvalue weighted by atomic mass is 10.1. The minimum atomic E-state index is 0.303. The molecule has 1 heterocycles. The fourth-order valence-electron chi connectivity index (χ4n) is 3.48. The summed E-state index contributed by atoms with van der Waals surface area (Å²) in [5, 5.41) is 0. The molecule has 4 rings (SSSR count). The van der Waals surface area contributed by atoms with Crippen LogP contribution in [0, 0.1) is 0 Å². The highest BCUT2D eigenvalue weighted by molar-refractivity contribution is 9.10. The van der Waals surface area contributed by atoms with Crippen molar-refractivity contribution in [2.45, 2.75) is 6.04 Å². The molecule has 0 aromatic heterocycles. The molecular formula is C22H21BrN2O. The molecule has 3 aromatic rings. The summed E-state index contributed by atoms with van der Waals surface area (Å²) in [6, 6.07) is 27.9. The van der Waals surface area contributed by atoms with E-state index >= 15 is 0 Å². The van der Waals surface area contributed by atoms with Crippen LogP contribution < -0.4 is 14.5 Å². The van der Waals surface area contributed by atoms with Crippen LogP contribution in [0.4, 0.5) is 11.4 Å². The normalized spacial score (nSPS) is 16.8. The maximum atomic E-state index is 5.31. The van der Waals surface area contributed by atoms with Crippen molar-refractivity contribution >= 4 is 27.3 Å². The maximum Gasteiger partial charge on any atom is 0.119 e. The highest BCUT2D eigenvalue weighted by Gasteiger charge is 2.31. The number of hydrogen-bond acceptors (Lipinski definition) is 3. The Labute approximate surface area is 163 Å². The Hall–Kier alpha value is -2.46. The number of benzene rings is 3. The van der Waals surface area contributed by atoms with Crippen molar-refractivity contribution in [1.82, 2.24) is 0 Å². The second kappa shape index (κ2) is 7.42. The van der Waals surface area contributed by atoms with E-state index in [2.05, 4.69) is 92.5 Å². The molecule has 0 aliphatic carbocycles. The molecule has 1 saturated heterocycles. The minimum absolute atomic E-state index is 0.303. The zero-order valence-electron chi connectivity index (χ0n) is 14.7. The van der Waals surface area contributed by atoms with E-state index in [1.807, 2.05) is 12.1 Å². The summed E-state index contributed by atoms with van der Waals surface area (Å²) in [6.07, 6.45) is 0. The van der Waals surface area contributed by atoms with E-state index in [4.69, 9.17) is 4.74 Å². The van der Waals surface area contributed by atoms with Crippen LogP contribution >= 0.6 is 15.9 Å². The molecule has 0 N–H and O–H groups in total. The highest BCUT2D eigenvalue weighted by Crippen LogP contribution is 2.36. The molecular weight excluding hydrogens is 388 g/mol. The van der Waals surface area contributed by atoms with Gasteiger partial charge in [0, 0.05) is 22.4 Å². The Bertz CT molecular complexity index is 850. The highest BCUT2D eigenvalue weighted by atomic mass is 79.9. The van der Waals surface area contributed by atoms with E-state index in [0.717, 1.165) is 23.4 Å². The van der Waals surface area contributed by atoms with Gasteiger partial charge < -0.3 is 14.5 Å². The van der Waals surface area contributed by atoms with Gasteiger partial charge in [0.1, 0.15) is 5.75 Å². The molecule has 0 spiro atoms. The van der Waals surface area contributed by atoms with Crippen LogP contribution in [0.2, 0.25) is 0 Å². The second-order valence-corrected chi connectivity index (χ2v) is 7.35. The third-order valence-electron chi connectivity index (χ3n) is 4.87. The van der Waals surface area contributed by atoms with Crippen LogP contribution in [0.25, 0.3) is 0 Å². The molecule has 26 heavy (non-hydrogen) atoms. The minimum Gasteiger partial charge on any atom is -0.497 e. The largest absolute Gasteiger partial charge is 0.497 e. The van der Waals surface area contributed by atoms with Crippen LogP contribution in [-0.2, 0) is 0 Å². The van der Waals surface area contributed by atoms with E-state index in [9.17, 15) is 0 Å². The first-order valence-corrected chi connectivity index (χ1v) is 9.50. The summed E-state index contributed by atoms with van der Waals surface area (Å²) in [5.74, 6) is 0.882. The molecule has 1 fully saturated rings. The molecule has 1 aliphatic rings. The van der Waals surface area contributed by atoms with Gasteiger partial charge in [-0.2, -0.15) is 0 Å². The smallest absolute Gasteiger partial charge is 0.119 e. The number of anilines is 2. The quantitative estimate of drug-likeness (QED) is 0.567. The lowest BCUT2D eigenvalue weighted by Gasteiger charge is -2.26. The lowest BCUT2D eigenvalue weighted by molar-refractivity contribution is 0.415. The Balaban J connectivity index is 1.68. The van der Waals surface area contributed by atoms with Gasteiger partial charge in [-0.1, -0.05) is 46.3 Å². The van der Waals surface area contributed by atoms with Crippen molar-refractivity contribution in [3.63, 3.8) is 0 Å². The number of nitrogens with zero attached hydrogens (tertiary/aromatic N) is 2. The van der Waals surface area contributed by atoms with Crippen LogP contribution in [-0.4, -0.2) is 20.3 Å². The number of methoxy groups -OCH3 is 1. The number of ether oxygens (including phenoxy) is 1. The zero-order valence-corrected chi connectivity index (χ0v) is 16.3. The Kier molecular flexibility index (Phi) is 4.85. The van der Waals surface area contributed by atoms with Gasteiger partial charge in [-0.15, -0.1) is 0 Å². The van der Waals surface area contributed by atoms with Gasteiger partial charge >= 0.3 is 0 Å². The first-order valence-electron chi connectivity index (χ1n) is 8.71. The van der Waals surface area contributed by atoms with Crippen LogP contribution in [0.15, 0.2) is 83.3 Å². The third kappa shape index (κ3) is 3.42. The summed E-state index contributed by atoms with van der Waals surface area (Å²) < 4.78 is 6.42. The summed E-state index contributed by atoms with van der Waals surface area (Å²) >= 11 is 3.54. The number of para-hydroxylation sites is 1. The summed E-state index contributed by atoms with van der Waals surface area (Å²) in [7, 11) is 1.70. The number of halogens is 1. The van der Waals surface area contributed by atoms with Gasteiger partial charge in [-0.3, -0.25) is 0 Å². The Morgan fingerprint density at radius 2 is 1.54 bits per heavy atom. The molecule has 4 heteroatoms. The molecule has 1 atom stereocenters. The molecule has 3 nitrogen and oxygen atoms in total. The van der Waals surface area contributed by atoms with E-state index in [-0.39, 0.29) is 0 Å². The van der Waals surface area contributed by atoms with Crippen molar-refractivity contribution in [3.8, 4) is 5.75 Å². The number of rotatable bonds is 4. The molecule has 3 aromatic carbocycles. The number of hydrogen-bond donors (Lipinski definition) is 0. The van der Waals surface area contributed by atoms with Crippen LogP contribution in [0.3, 0.4) is 0 Å². The average molecular weight is 409 g/mol. The average Bonchev–Trinajstić information content (AvgIpc) is 3.15. The van der Waals surface area contributed by atoms with Crippen molar-refractivity contribution in [2.75, 3.05) is 30.1 Å². The van der Waals surface area contributed by atoms with E-state index in [1.165, 1.54) is 16.9 Å². The topological polar surface area (TPSA) is 15.7 Å². The van der Waals surface area contributed by atoms with Gasteiger partial charge in [0.25, 0.3) is 0 Å². The van der Waals surface area contributed by atoms with E-state index in [1.54, 1.807) is 7.11 Å². The van der Waals surface area contributed by atoms with Gasteiger partial charge in [-0.05, 0) is 54.1 Å². The SMILES string of the molecule is COc1ccc(N2CN(c3ccccc3)CC2c2ccc(Br)cc2)cc1. The maximum absolute atomic E-state index is 5.31. The first kappa shape index (κ1) is 17.0. The van der Waals surface area contributed by atoms with Gasteiger partial charge in [0.05, 0.1) is 19.8 Å². The molecule has 1 aliphatic heterocycles. The molecule has 0 saturated carbocycles. The van der Waals surface area contributed by atoms with Crippen molar-refractivity contribution in [3.05, 3.63) is 88.9 Å². The van der Waals surface area contributed by atoms with Crippen molar-refractivity contribution in [1.29, 1.82) is 0 Å². The Morgan fingerprint density at radius 3 is 2.19 bits per heavy atom. The Morgan fingerprint density at radius 1 is 0.846 bits per heavy atom. The standard InChI is InChI=1S/C22H21BrN2O/c1-26-21-13-11-20(12-14-21)25-16-24(19-5-3-2-4-6-19)15-22(25)17-7-9-18(23)10-8-17/h2-14,22H,15-16H2,1H3. The molecule has 0 radical (unpaired) electrons.